The molecule has 1 fully saturated rings. The Morgan fingerprint density at radius 1 is 1.21 bits per heavy atom. The molecule has 2 aliphatic heterocycles. The number of benzene rings is 1. The Balaban J connectivity index is 1.15. The Labute approximate surface area is 198 Å². The van der Waals surface area contributed by atoms with Crippen molar-refractivity contribution in [3.8, 4) is 0 Å². The molecular formula is C26H29N5O3. The van der Waals surface area contributed by atoms with E-state index in [4.69, 9.17) is 4.98 Å². The Bertz CT molecular complexity index is 1210. The van der Waals surface area contributed by atoms with E-state index in [1.165, 1.54) is 5.56 Å². The molecule has 5 rings (SSSR count). The SMILES string of the molecule is O=C(O)CC(NC(=O)N1CC(CCc2ccc3c(n2)NCCC3)C1)c1cnc2ccccc2c1. The molecule has 2 aliphatic rings. The number of urea groups is 1. The molecule has 34 heavy (non-hydrogen) atoms. The van der Waals surface area contributed by atoms with Crippen molar-refractivity contribution >= 4 is 28.7 Å². The van der Waals surface area contributed by atoms with Gasteiger partial charge < -0.3 is 20.6 Å². The number of rotatable bonds is 7. The van der Waals surface area contributed by atoms with Gasteiger partial charge in [0.15, 0.2) is 0 Å². The van der Waals surface area contributed by atoms with Crippen LogP contribution in [0.5, 0.6) is 0 Å². The topological polar surface area (TPSA) is 107 Å². The molecule has 8 nitrogen and oxygen atoms in total. The second kappa shape index (κ2) is 9.67. The molecule has 1 aromatic carbocycles. The molecule has 0 aliphatic carbocycles. The number of nitrogens with zero attached hydrogens (tertiary/aromatic N) is 3. The van der Waals surface area contributed by atoms with Gasteiger partial charge in [-0.3, -0.25) is 9.78 Å². The van der Waals surface area contributed by atoms with Crippen molar-refractivity contribution < 1.29 is 14.7 Å². The average molecular weight is 460 g/mol. The molecule has 4 heterocycles. The van der Waals surface area contributed by atoms with Crippen LogP contribution >= 0.6 is 0 Å². The monoisotopic (exact) mass is 459 g/mol. The summed E-state index contributed by atoms with van der Waals surface area (Å²) in [7, 11) is 0. The zero-order chi connectivity index (χ0) is 23.5. The summed E-state index contributed by atoms with van der Waals surface area (Å²) in [5.74, 6) is 0.481. The van der Waals surface area contributed by atoms with E-state index in [-0.39, 0.29) is 12.5 Å². The van der Waals surface area contributed by atoms with Gasteiger partial charge in [0.2, 0.25) is 0 Å². The molecule has 1 unspecified atom stereocenters. The van der Waals surface area contributed by atoms with E-state index in [1.54, 1.807) is 11.1 Å². The highest BCUT2D eigenvalue weighted by Gasteiger charge is 2.32. The summed E-state index contributed by atoms with van der Waals surface area (Å²) in [6.45, 7) is 2.32. The first-order valence-electron chi connectivity index (χ1n) is 11.9. The van der Waals surface area contributed by atoms with E-state index in [0.29, 0.717) is 24.6 Å². The number of likely N-dealkylation sites (tertiary alicyclic amines) is 1. The van der Waals surface area contributed by atoms with Gasteiger partial charge in [-0.1, -0.05) is 24.3 Å². The lowest BCUT2D eigenvalue weighted by Gasteiger charge is -2.40. The number of aromatic nitrogens is 2. The number of carbonyl (C=O) groups excluding carboxylic acids is 1. The number of hydrogen-bond acceptors (Lipinski definition) is 5. The second-order valence-corrected chi connectivity index (χ2v) is 9.21. The molecule has 3 aromatic rings. The summed E-state index contributed by atoms with van der Waals surface area (Å²) in [4.78, 5) is 35.2. The van der Waals surface area contributed by atoms with Crippen molar-refractivity contribution in [3.63, 3.8) is 0 Å². The maximum atomic E-state index is 12.8. The van der Waals surface area contributed by atoms with Crippen LogP contribution in [0.1, 0.15) is 42.1 Å². The number of carbonyl (C=O) groups is 2. The van der Waals surface area contributed by atoms with Gasteiger partial charge in [0.05, 0.1) is 18.0 Å². The molecule has 176 valence electrons. The second-order valence-electron chi connectivity index (χ2n) is 9.21. The van der Waals surface area contributed by atoms with Crippen molar-refractivity contribution in [1.29, 1.82) is 0 Å². The van der Waals surface area contributed by atoms with Crippen molar-refractivity contribution in [2.24, 2.45) is 5.92 Å². The quantitative estimate of drug-likeness (QED) is 0.496. The predicted molar refractivity (Wildman–Crippen MR) is 130 cm³/mol. The first kappa shape index (κ1) is 22.1. The van der Waals surface area contributed by atoms with E-state index in [0.717, 1.165) is 54.6 Å². The van der Waals surface area contributed by atoms with Crippen LogP contribution in [0.2, 0.25) is 0 Å². The molecule has 2 amide bonds. The van der Waals surface area contributed by atoms with E-state index < -0.39 is 12.0 Å². The zero-order valence-electron chi connectivity index (χ0n) is 19.0. The summed E-state index contributed by atoms with van der Waals surface area (Å²) < 4.78 is 0. The molecule has 0 saturated carbocycles. The number of para-hydroxylation sites is 1. The summed E-state index contributed by atoms with van der Waals surface area (Å²) in [6, 6.07) is 13.0. The van der Waals surface area contributed by atoms with E-state index >= 15 is 0 Å². The minimum atomic E-state index is -0.966. The van der Waals surface area contributed by atoms with Crippen LogP contribution in [-0.4, -0.2) is 51.6 Å². The Hall–Kier alpha value is -3.68. The fourth-order valence-corrected chi connectivity index (χ4v) is 4.72. The minimum absolute atomic E-state index is 0.193. The van der Waals surface area contributed by atoms with Crippen LogP contribution < -0.4 is 10.6 Å². The fourth-order valence-electron chi connectivity index (χ4n) is 4.72. The standard InChI is InChI=1S/C26H29N5O3/c32-24(33)13-23(20-12-19-4-1-2-6-22(19)28-14-20)30-26(34)31-15-17(16-31)7-9-21-10-8-18-5-3-11-27-25(18)29-21/h1-2,4,6,8,10,12,14,17,23H,3,5,7,9,11,13,15-16H2,(H,27,29)(H,30,34)(H,32,33). The van der Waals surface area contributed by atoms with Crippen molar-refractivity contribution in [1.82, 2.24) is 20.2 Å². The minimum Gasteiger partial charge on any atom is -0.481 e. The van der Waals surface area contributed by atoms with Crippen molar-refractivity contribution in [2.75, 3.05) is 25.0 Å². The molecule has 2 aromatic heterocycles. The van der Waals surface area contributed by atoms with Gasteiger partial charge in [0.1, 0.15) is 5.82 Å². The van der Waals surface area contributed by atoms with Gasteiger partial charge in [-0.15, -0.1) is 0 Å². The van der Waals surface area contributed by atoms with Crippen LogP contribution in [-0.2, 0) is 17.6 Å². The summed E-state index contributed by atoms with van der Waals surface area (Å²) >= 11 is 0. The number of amides is 2. The molecule has 8 heteroatoms. The highest BCUT2D eigenvalue weighted by atomic mass is 16.4. The molecule has 0 radical (unpaired) electrons. The first-order chi connectivity index (χ1) is 16.5. The Morgan fingerprint density at radius 3 is 2.91 bits per heavy atom. The van der Waals surface area contributed by atoms with Crippen LogP contribution in [0.15, 0.2) is 48.7 Å². The molecule has 0 spiro atoms. The molecule has 1 saturated heterocycles. The van der Waals surface area contributed by atoms with Crippen LogP contribution in [0.3, 0.4) is 0 Å². The Kier molecular flexibility index (Phi) is 6.29. The van der Waals surface area contributed by atoms with Crippen molar-refractivity contribution in [2.45, 2.75) is 38.1 Å². The van der Waals surface area contributed by atoms with Gasteiger partial charge in [-0.05, 0) is 60.9 Å². The highest BCUT2D eigenvalue weighted by molar-refractivity contribution is 5.80. The molecular weight excluding hydrogens is 430 g/mol. The fraction of sp³-hybridized carbons (Fsp3) is 0.385. The number of anilines is 1. The number of nitrogens with one attached hydrogen (secondary N) is 2. The number of carboxylic acid groups (broad SMARTS) is 1. The molecule has 1 atom stereocenters. The van der Waals surface area contributed by atoms with Crippen LogP contribution in [0.4, 0.5) is 10.6 Å². The normalized spacial score (nSPS) is 16.3. The summed E-state index contributed by atoms with van der Waals surface area (Å²) in [6.07, 6.45) is 5.55. The number of carboxylic acids is 1. The lowest BCUT2D eigenvalue weighted by molar-refractivity contribution is -0.137. The lowest BCUT2D eigenvalue weighted by atomic mass is 9.93. The van der Waals surface area contributed by atoms with Crippen LogP contribution in [0.25, 0.3) is 10.9 Å². The number of aliphatic carboxylic acids is 1. The maximum Gasteiger partial charge on any atom is 0.317 e. The van der Waals surface area contributed by atoms with E-state index in [2.05, 4.69) is 27.8 Å². The third kappa shape index (κ3) is 4.95. The maximum absolute atomic E-state index is 12.8. The van der Waals surface area contributed by atoms with Crippen LogP contribution in [0, 0.1) is 5.92 Å². The van der Waals surface area contributed by atoms with Gasteiger partial charge in [-0.25, -0.2) is 9.78 Å². The largest absolute Gasteiger partial charge is 0.481 e. The third-order valence-corrected chi connectivity index (χ3v) is 6.70. The summed E-state index contributed by atoms with van der Waals surface area (Å²) in [5.41, 5.74) is 3.90. The average Bonchev–Trinajstić information content (AvgIpc) is 2.82. The third-order valence-electron chi connectivity index (χ3n) is 6.70. The predicted octanol–water partition coefficient (Wildman–Crippen LogP) is 3.78. The smallest absolute Gasteiger partial charge is 0.317 e. The molecule has 0 bridgehead atoms. The summed E-state index contributed by atoms with van der Waals surface area (Å²) in [5, 5.41) is 16.6. The molecule has 3 N–H and O–H groups in total. The van der Waals surface area contributed by atoms with Crippen molar-refractivity contribution in [3.05, 3.63) is 65.5 Å². The van der Waals surface area contributed by atoms with Gasteiger partial charge in [-0.2, -0.15) is 0 Å². The zero-order valence-corrected chi connectivity index (χ0v) is 19.0. The Morgan fingerprint density at radius 2 is 2.06 bits per heavy atom. The van der Waals surface area contributed by atoms with E-state index in [1.807, 2.05) is 30.3 Å². The highest BCUT2D eigenvalue weighted by Crippen LogP contribution is 2.26. The lowest BCUT2D eigenvalue weighted by Crippen LogP contribution is -2.54. The van der Waals surface area contributed by atoms with Gasteiger partial charge in [0, 0.05) is 36.9 Å². The number of aryl methyl sites for hydroxylation is 2. The number of fused-ring (bicyclic) bond motifs is 2. The number of pyridine rings is 2. The van der Waals surface area contributed by atoms with E-state index in [9.17, 15) is 14.7 Å². The van der Waals surface area contributed by atoms with Gasteiger partial charge in [0.25, 0.3) is 0 Å². The number of hydrogen-bond donors (Lipinski definition) is 3. The first-order valence-corrected chi connectivity index (χ1v) is 11.9. The van der Waals surface area contributed by atoms with Gasteiger partial charge >= 0.3 is 12.0 Å².